The Morgan fingerprint density at radius 1 is 1.41 bits per heavy atom. The van der Waals surface area contributed by atoms with E-state index in [1.54, 1.807) is 6.92 Å². The summed E-state index contributed by atoms with van der Waals surface area (Å²) in [6, 6.07) is 7.97. The second-order valence-electron chi connectivity index (χ2n) is 6.20. The summed E-state index contributed by atoms with van der Waals surface area (Å²) in [7, 11) is 1.50. The van der Waals surface area contributed by atoms with Crippen LogP contribution in [0.5, 0.6) is 0 Å². The molecule has 1 aromatic carbocycles. The van der Waals surface area contributed by atoms with Gasteiger partial charge in [0.25, 0.3) is 0 Å². The van der Waals surface area contributed by atoms with E-state index in [1.807, 2.05) is 18.2 Å². The average Bonchev–Trinajstić information content (AvgIpc) is 2.45. The zero-order chi connectivity index (χ0) is 16.2. The first-order chi connectivity index (χ1) is 10.4. The molecule has 1 aliphatic rings. The van der Waals surface area contributed by atoms with Crippen molar-refractivity contribution in [2.75, 3.05) is 13.7 Å². The predicted molar refractivity (Wildman–Crippen MR) is 82.8 cm³/mol. The molecular weight excluding hydrogens is 282 g/mol. The van der Waals surface area contributed by atoms with Crippen molar-refractivity contribution in [1.82, 2.24) is 5.32 Å². The first-order valence-electron chi connectivity index (χ1n) is 7.56. The number of hydrogen-bond donors (Lipinski definition) is 2. The summed E-state index contributed by atoms with van der Waals surface area (Å²) in [5.74, 6) is -1.29. The number of hydrogen-bond acceptors (Lipinski definition) is 3. The SMILES string of the molecule is COCC(C)(CC(=O)O)NC(=O)C1CCCc2ccccc21. The van der Waals surface area contributed by atoms with Gasteiger partial charge in [-0.3, -0.25) is 9.59 Å². The number of methoxy groups -OCH3 is 1. The topological polar surface area (TPSA) is 75.6 Å². The lowest BCUT2D eigenvalue weighted by Gasteiger charge is -2.32. The van der Waals surface area contributed by atoms with Gasteiger partial charge in [-0.1, -0.05) is 24.3 Å². The Morgan fingerprint density at radius 2 is 2.14 bits per heavy atom. The van der Waals surface area contributed by atoms with Gasteiger partial charge in [0, 0.05) is 7.11 Å². The highest BCUT2D eigenvalue weighted by Gasteiger charge is 2.34. The fraction of sp³-hybridized carbons (Fsp3) is 0.529. The molecule has 0 radical (unpaired) electrons. The van der Waals surface area contributed by atoms with Crippen molar-refractivity contribution in [3.8, 4) is 0 Å². The van der Waals surface area contributed by atoms with Crippen molar-refractivity contribution in [2.45, 2.75) is 44.1 Å². The Labute approximate surface area is 130 Å². The van der Waals surface area contributed by atoms with Crippen molar-refractivity contribution in [3.63, 3.8) is 0 Å². The van der Waals surface area contributed by atoms with Crippen LogP contribution in [0.2, 0.25) is 0 Å². The number of amides is 1. The quantitative estimate of drug-likeness (QED) is 0.844. The molecule has 2 N–H and O–H groups in total. The second kappa shape index (κ2) is 6.92. The predicted octanol–water partition coefficient (Wildman–Crippen LogP) is 2.10. The molecule has 0 bridgehead atoms. The molecule has 5 nitrogen and oxygen atoms in total. The summed E-state index contributed by atoms with van der Waals surface area (Å²) in [5.41, 5.74) is 1.37. The number of carboxylic acid groups (broad SMARTS) is 1. The summed E-state index contributed by atoms with van der Waals surface area (Å²) < 4.78 is 5.09. The highest BCUT2D eigenvalue weighted by Crippen LogP contribution is 2.32. The molecule has 1 amide bonds. The van der Waals surface area contributed by atoms with E-state index in [2.05, 4.69) is 11.4 Å². The first kappa shape index (κ1) is 16.5. The molecular formula is C17H23NO4. The molecule has 1 aliphatic carbocycles. The van der Waals surface area contributed by atoms with Gasteiger partial charge in [-0.05, 0) is 37.3 Å². The van der Waals surface area contributed by atoms with Crippen LogP contribution in [0.25, 0.3) is 0 Å². The summed E-state index contributed by atoms with van der Waals surface area (Å²) in [6.45, 7) is 1.87. The van der Waals surface area contributed by atoms with Crippen LogP contribution in [0.3, 0.4) is 0 Å². The number of carbonyl (C=O) groups is 2. The molecule has 0 fully saturated rings. The van der Waals surface area contributed by atoms with Gasteiger partial charge in [0.15, 0.2) is 0 Å². The lowest BCUT2D eigenvalue weighted by Crippen LogP contribution is -2.52. The van der Waals surface area contributed by atoms with E-state index in [9.17, 15) is 9.59 Å². The van der Waals surface area contributed by atoms with E-state index in [0.717, 1.165) is 24.8 Å². The molecule has 0 saturated heterocycles. The van der Waals surface area contributed by atoms with Crippen molar-refractivity contribution in [2.24, 2.45) is 0 Å². The first-order valence-corrected chi connectivity index (χ1v) is 7.56. The minimum atomic E-state index is -0.955. The fourth-order valence-corrected chi connectivity index (χ4v) is 3.19. The highest BCUT2D eigenvalue weighted by molar-refractivity contribution is 5.85. The van der Waals surface area contributed by atoms with Crippen LogP contribution in [0, 0.1) is 0 Å². The molecule has 1 aromatic rings. The van der Waals surface area contributed by atoms with Crippen molar-refractivity contribution >= 4 is 11.9 Å². The average molecular weight is 305 g/mol. The maximum Gasteiger partial charge on any atom is 0.305 e. The van der Waals surface area contributed by atoms with E-state index in [4.69, 9.17) is 9.84 Å². The number of rotatable bonds is 6. The van der Waals surface area contributed by atoms with Crippen LogP contribution >= 0.6 is 0 Å². The molecule has 2 rings (SSSR count). The van der Waals surface area contributed by atoms with Crippen molar-refractivity contribution < 1.29 is 19.4 Å². The van der Waals surface area contributed by atoms with Crippen LogP contribution in [-0.4, -0.2) is 36.2 Å². The Balaban J connectivity index is 2.16. The number of nitrogens with one attached hydrogen (secondary N) is 1. The maximum atomic E-state index is 12.7. The summed E-state index contributed by atoms with van der Waals surface area (Å²) in [4.78, 5) is 23.7. The molecule has 0 saturated carbocycles. The van der Waals surface area contributed by atoms with Gasteiger partial charge in [-0.25, -0.2) is 0 Å². The van der Waals surface area contributed by atoms with E-state index in [1.165, 1.54) is 12.7 Å². The zero-order valence-electron chi connectivity index (χ0n) is 13.1. The zero-order valence-corrected chi connectivity index (χ0v) is 13.1. The molecule has 5 heteroatoms. The molecule has 0 aromatic heterocycles. The molecule has 0 spiro atoms. The van der Waals surface area contributed by atoms with Crippen LogP contribution < -0.4 is 5.32 Å². The number of fused-ring (bicyclic) bond motifs is 1. The van der Waals surface area contributed by atoms with Crippen molar-refractivity contribution in [3.05, 3.63) is 35.4 Å². The number of benzene rings is 1. The number of carbonyl (C=O) groups excluding carboxylic acids is 1. The van der Waals surface area contributed by atoms with Crippen LogP contribution in [0.4, 0.5) is 0 Å². The third kappa shape index (κ3) is 3.85. The standard InChI is InChI=1S/C17H23NO4/c1-17(11-22-2,10-15(19)20)18-16(21)14-9-5-7-12-6-3-4-8-13(12)14/h3-4,6,8,14H,5,7,9-11H2,1-2H3,(H,18,21)(H,19,20). The van der Waals surface area contributed by atoms with E-state index >= 15 is 0 Å². The highest BCUT2D eigenvalue weighted by atomic mass is 16.5. The Morgan fingerprint density at radius 3 is 2.82 bits per heavy atom. The van der Waals surface area contributed by atoms with Crippen LogP contribution in [-0.2, 0) is 20.7 Å². The summed E-state index contributed by atoms with van der Waals surface area (Å²) >= 11 is 0. The van der Waals surface area contributed by atoms with E-state index < -0.39 is 11.5 Å². The van der Waals surface area contributed by atoms with Gasteiger partial charge in [-0.15, -0.1) is 0 Å². The third-order valence-corrected chi connectivity index (χ3v) is 4.12. The second-order valence-corrected chi connectivity index (χ2v) is 6.20. The summed E-state index contributed by atoms with van der Waals surface area (Å²) in [6.07, 6.45) is 2.58. The summed E-state index contributed by atoms with van der Waals surface area (Å²) in [5, 5.41) is 11.9. The van der Waals surface area contributed by atoms with Crippen LogP contribution in [0.15, 0.2) is 24.3 Å². The normalized spacial score (nSPS) is 19.8. The fourth-order valence-electron chi connectivity index (χ4n) is 3.19. The number of ether oxygens (including phenoxy) is 1. The largest absolute Gasteiger partial charge is 0.481 e. The number of carboxylic acids is 1. The maximum absolute atomic E-state index is 12.7. The monoisotopic (exact) mass is 305 g/mol. The Kier molecular flexibility index (Phi) is 5.19. The van der Waals surface area contributed by atoms with Gasteiger partial charge < -0.3 is 15.2 Å². The minimum absolute atomic E-state index is 0.118. The number of aliphatic carboxylic acids is 1. The van der Waals surface area contributed by atoms with Gasteiger partial charge in [-0.2, -0.15) is 0 Å². The van der Waals surface area contributed by atoms with Gasteiger partial charge in [0.05, 0.1) is 24.5 Å². The molecule has 0 heterocycles. The van der Waals surface area contributed by atoms with Gasteiger partial charge in [0.2, 0.25) is 5.91 Å². The Bertz CT molecular complexity index is 557. The lowest BCUT2D eigenvalue weighted by molar-refractivity contribution is -0.139. The third-order valence-electron chi connectivity index (χ3n) is 4.12. The van der Waals surface area contributed by atoms with E-state index in [-0.39, 0.29) is 24.9 Å². The Hall–Kier alpha value is -1.88. The smallest absolute Gasteiger partial charge is 0.305 e. The van der Waals surface area contributed by atoms with Crippen LogP contribution in [0.1, 0.15) is 43.2 Å². The minimum Gasteiger partial charge on any atom is -0.481 e. The lowest BCUT2D eigenvalue weighted by atomic mass is 9.81. The van der Waals surface area contributed by atoms with Gasteiger partial charge in [0.1, 0.15) is 0 Å². The molecule has 120 valence electrons. The number of aryl methyl sites for hydroxylation is 1. The van der Waals surface area contributed by atoms with E-state index in [0.29, 0.717) is 0 Å². The molecule has 22 heavy (non-hydrogen) atoms. The van der Waals surface area contributed by atoms with Crippen molar-refractivity contribution in [1.29, 1.82) is 0 Å². The molecule has 2 atom stereocenters. The molecule has 2 unspecified atom stereocenters. The van der Waals surface area contributed by atoms with Gasteiger partial charge >= 0.3 is 5.97 Å². The molecule has 0 aliphatic heterocycles.